The molecule has 0 saturated carbocycles. The molecule has 1 saturated heterocycles. The number of aromatic hydroxyl groups is 1. The number of fused-ring (bicyclic) bond motifs is 1. The molecule has 0 atom stereocenters. The summed E-state index contributed by atoms with van der Waals surface area (Å²) in [5, 5.41) is 12.6. The number of amides is 1. The highest BCUT2D eigenvalue weighted by molar-refractivity contribution is 7.80. The van der Waals surface area contributed by atoms with Crippen LogP contribution in [-0.2, 0) is 9.59 Å². The van der Waals surface area contributed by atoms with Crippen LogP contribution >= 0.6 is 12.2 Å². The fraction of sp³-hybridized carbons (Fsp3) is 0. The van der Waals surface area contributed by atoms with E-state index in [0.717, 1.165) is 11.1 Å². The number of carbonyl (C=O) groups excluding carboxylic acids is 3. The van der Waals surface area contributed by atoms with Crippen molar-refractivity contribution >= 4 is 41.1 Å². The summed E-state index contributed by atoms with van der Waals surface area (Å²) in [6.07, 6.45) is 2.50. The first-order valence-corrected chi connectivity index (χ1v) is 8.58. The number of ketones is 1. The van der Waals surface area contributed by atoms with Crippen molar-refractivity contribution in [2.75, 3.05) is 0 Å². The molecule has 2 aromatic carbocycles. The Labute approximate surface area is 164 Å². The fourth-order valence-electron chi connectivity index (χ4n) is 2.81. The van der Waals surface area contributed by atoms with Crippen LogP contribution in [0.15, 0.2) is 66.0 Å². The highest BCUT2D eigenvalue weighted by Crippen LogP contribution is 2.28. The predicted molar refractivity (Wildman–Crippen MR) is 103 cm³/mol. The molecular weight excluding hydrogens is 380 g/mol. The first-order valence-electron chi connectivity index (χ1n) is 8.17. The molecule has 138 valence electrons. The van der Waals surface area contributed by atoms with Crippen LogP contribution in [0.25, 0.3) is 6.08 Å². The zero-order valence-corrected chi connectivity index (χ0v) is 15.0. The van der Waals surface area contributed by atoms with Gasteiger partial charge in [0.05, 0.1) is 5.56 Å². The van der Waals surface area contributed by atoms with Gasteiger partial charge >= 0.3 is 5.97 Å². The Morgan fingerprint density at radius 3 is 2.54 bits per heavy atom. The molecule has 2 heterocycles. The molecule has 0 spiro atoms. The molecule has 2 aliphatic heterocycles. The van der Waals surface area contributed by atoms with Gasteiger partial charge in [-0.1, -0.05) is 30.3 Å². The molecule has 0 aliphatic carbocycles. The molecular formula is C20H12N2O5S. The minimum Gasteiger partial charge on any atom is -0.507 e. The minimum atomic E-state index is -0.863. The summed E-state index contributed by atoms with van der Waals surface area (Å²) >= 11 is 5.15. The second kappa shape index (κ2) is 6.75. The number of hydrogen-bond donors (Lipinski definition) is 2. The third-order valence-corrected chi connectivity index (χ3v) is 4.50. The quantitative estimate of drug-likeness (QED) is 0.266. The molecule has 2 N–H and O–H groups in total. The predicted octanol–water partition coefficient (Wildman–Crippen LogP) is 2.14. The first kappa shape index (κ1) is 17.6. The van der Waals surface area contributed by atoms with Gasteiger partial charge in [0, 0.05) is 11.8 Å². The largest absolute Gasteiger partial charge is 0.507 e. The highest BCUT2D eigenvalue weighted by atomic mass is 32.1. The van der Waals surface area contributed by atoms with Gasteiger partial charge in [0.15, 0.2) is 5.11 Å². The molecule has 1 amide bonds. The van der Waals surface area contributed by atoms with E-state index in [2.05, 4.69) is 5.32 Å². The summed E-state index contributed by atoms with van der Waals surface area (Å²) < 4.78 is 5.16. The molecule has 8 heteroatoms. The Kier molecular flexibility index (Phi) is 4.25. The summed E-state index contributed by atoms with van der Waals surface area (Å²) in [5.41, 5.74) is 0.432. The third kappa shape index (κ3) is 2.95. The van der Waals surface area contributed by atoms with Gasteiger partial charge in [-0.05, 0) is 36.5 Å². The van der Waals surface area contributed by atoms with Gasteiger partial charge in [0.25, 0.3) is 5.91 Å². The van der Waals surface area contributed by atoms with Crippen molar-refractivity contribution < 1.29 is 24.2 Å². The van der Waals surface area contributed by atoms with Gasteiger partial charge in [0.2, 0.25) is 5.78 Å². The molecule has 2 aliphatic rings. The summed E-state index contributed by atoms with van der Waals surface area (Å²) in [6.45, 7) is 0. The normalized spacial score (nSPS) is 19.1. The summed E-state index contributed by atoms with van der Waals surface area (Å²) in [6, 6.07) is 12.8. The van der Waals surface area contributed by atoms with Crippen molar-refractivity contribution in [3.63, 3.8) is 0 Å². The molecule has 2 aromatic rings. The molecule has 1 fully saturated rings. The van der Waals surface area contributed by atoms with Gasteiger partial charge in [-0.3, -0.25) is 14.5 Å². The van der Waals surface area contributed by atoms with E-state index in [1.54, 1.807) is 30.3 Å². The summed E-state index contributed by atoms with van der Waals surface area (Å²) in [5.74, 6) is -1.82. The zero-order valence-electron chi connectivity index (χ0n) is 14.2. The van der Waals surface area contributed by atoms with Crippen LogP contribution in [0, 0.1) is 0 Å². The maximum Gasteiger partial charge on any atom is 0.349 e. The molecule has 0 radical (unpaired) electrons. The van der Waals surface area contributed by atoms with Crippen LogP contribution in [0.2, 0.25) is 0 Å². The van der Waals surface area contributed by atoms with Crippen LogP contribution < -0.4 is 10.1 Å². The third-order valence-electron chi connectivity index (χ3n) is 4.20. The number of nitrogens with zero attached hydrogens (tertiary/aromatic N) is 1. The lowest BCUT2D eigenvalue weighted by molar-refractivity contribution is -0.130. The van der Waals surface area contributed by atoms with Gasteiger partial charge < -0.3 is 15.2 Å². The van der Waals surface area contributed by atoms with Gasteiger partial charge in [0.1, 0.15) is 22.8 Å². The van der Waals surface area contributed by atoms with Crippen molar-refractivity contribution in [3.05, 3.63) is 77.1 Å². The number of para-hydroxylation sites is 2. The van der Waals surface area contributed by atoms with Crippen LogP contribution in [0.3, 0.4) is 0 Å². The van der Waals surface area contributed by atoms with E-state index in [4.69, 9.17) is 17.0 Å². The maximum atomic E-state index is 12.7. The van der Waals surface area contributed by atoms with E-state index in [-0.39, 0.29) is 33.4 Å². The minimum absolute atomic E-state index is 0.00127. The molecule has 28 heavy (non-hydrogen) atoms. The number of hydrogen-bond acceptors (Lipinski definition) is 6. The monoisotopic (exact) mass is 392 g/mol. The number of thiocarbonyl (C=S) groups is 1. The molecule has 4 rings (SSSR count). The second-order valence-electron chi connectivity index (χ2n) is 5.98. The molecule has 0 bridgehead atoms. The van der Waals surface area contributed by atoms with Crippen molar-refractivity contribution in [1.29, 1.82) is 0 Å². The maximum absolute atomic E-state index is 12.7. The van der Waals surface area contributed by atoms with Crippen molar-refractivity contribution in [1.82, 2.24) is 10.2 Å². The average Bonchev–Trinajstić information content (AvgIpc) is 2.94. The second-order valence-corrected chi connectivity index (χ2v) is 6.37. The fourth-order valence-corrected chi connectivity index (χ4v) is 3.05. The number of rotatable bonds is 2. The summed E-state index contributed by atoms with van der Waals surface area (Å²) in [7, 11) is 0. The van der Waals surface area contributed by atoms with E-state index >= 15 is 0 Å². The number of carbonyl (C=O) groups is 3. The number of Topliss-reactive ketones (excluding diaryl/α,β-unsaturated/α-hetero) is 1. The van der Waals surface area contributed by atoms with E-state index in [9.17, 15) is 19.5 Å². The lowest BCUT2D eigenvalue weighted by atomic mass is 10.0. The number of phenolic OH excluding ortho intramolecular Hbond substituents is 1. The van der Waals surface area contributed by atoms with Crippen molar-refractivity contribution in [2.24, 2.45) is 0 Å². The van der Waals surface area contributed by atoms with Gasteiger partial charge in [-0.15, -0.1) is 0 Å². The Hall–Kier alpha value is -3.78. The topological polar surface area (TPSA) is 95.9 Å². The summed E-state index contributed by atoms with van der Waals surface area (Å²) in [4.78, 5) is 38.5. The lowest BCUT2D eigenvalue weighted by Crippen LogP contribution is -2.31. The molecule has 7 nitrogen and oxygen atoms in total. The van der Waals surface area contributed by atoms with E-state index in [1.165, 1.54) is 24.3 Å². The van der Waals surface area contributed by atoms with E-state index in [1.807, 2.05) is 0 Å². The Morgan fingerprint density at radius 1 is 1.04 bits per heavy atom. The Morgan fingerprint density at radius 2 is 1.75 bits per heavy atom. The van der Waals surface area contributed by atoms with Crippen LogP contribution in [-0.4, -0.2) is 32.8 Å². The van der Waals surface area contributed by atoms with Gasteiger partial charge in [-0.2, -0.15) is 0 Å². The zero-order chi connectivity index (χ0) is 19.8. The van der Waals surface area contributed by atoms with Crippen LogP contribution in [0.5, 0.6) is 11.5 Å². The van der Waals surface area contributed by atoms with Crippen molar-refractivity contribution in [2.45, 2.75) is 0 Å². The first-order chi connectivity index (χ1) is 13.5. The molecule has 0 aromatic heterocycles. The smallest absolute Gasteiger partial charge is 0.349 e. The number of esters is 1. The number of ether oxygens (including phenoxy) is 1. The number of phenols is 1. The Balaban J connectivity index is 1.68. The highest BCUT2D eigenvalue weighted by Gasteiger charge is 2.35. The van der Waals surface area contributed by atoms with Gasteiger partial charge in [-0.25, -0.2) is 4.79 Å². The Bertz CT molecular complexity index is 1120. The van der Waals surface area contributed by atoms with E-state index in [0.29, 0.717) is 5.56 Å². The molecule has 0 unspecified atom stereocenters. The van der Waals surface area contributed by atoms with E-state index < -0.39 is 17.7 Å². The number of nitrogens with one attached hydrogen (secondary N) is 1. The van der Waals surface area contributed by atoms with Crippen LogP contribution in [0.1, 0.15) is 15.9 Å². The van der Waals surface area contributed by atoms with Crippen molar-refractivity contribution in [3.8, 4) is 11.5 Å². The average molecular weight is 392 g/mol. The van der Waals surface area contributed by atoms with Crippen LogP contribution in [0.4, 0.5) is 0 Å². The standard InChI is InChI=1S/C20H12N2O5S/c23-15-7-3-1-5-11(15)9-14-18(25)22(20(28)21-14)10-13-17(24)12-6-2-4-8-16(12)27-19(13)26/h1-10,23H,(H,21,28)/b13-10+,14-9-. The SMILES string of the molecule is O=C1Oc2ccccc2C(=O)/C1=C\N1C(=O)/C(=C/c2ccccc2O)NC1=S. The number of benzene rings is 2. The lowest BCUT2D eigenvalue weighted by Gasteiger charge is -2.18.